The number of nitrogens with one attached hydrogen (secondary N) is 2. The average molecular weight is 450 g/mol. The predicted molar refractivity (Wildman–Crippen MR) is 103 cm³/mol. The van der Waals surface area contributed by atoms with Gasteiger partial charge in [0.1, 0.15) is 24.3 Å². The summed E-state index contributed by atoms with van der Waals surface area (Å²) in [5.41, 5.74) is -0.935. The molecule has 1 atom stereocenters. The van der Waals surface area contributed by atoms with Gasteiger partial charge in [0.25, 0.3) is 0 Å². The molecule has 0 saturated carbocycles. The Morgan fingerprint density at radius 3 is 2.83 bits per heavy atom. The lowest BCUT2D eigenvalue weighted by Gasteiger charge is -2.23. The number of aromatic nitrogens is 3. The fourth-order valence-corrected chi connectivity index (χ4v) is 2.67. The highest BCUT2D eigenvalue weighted by atomic mass is 127. The molecule has 0 fully saturated rings. The molecular formula is C14H23IN6OS. The normalized spacial score (nSPS) is 14.0. The van der Waals surface area contributed by atoms with E-state index in [4.69, 9.17) is 0 Å². The van der Waals surface area contributed by atoms with Crippen molar-refractivity contribution >= 4 is 41.3 Å². The molecule has 2 rings (SSSR count). The molecule has 3 N–H and O–H groups in total. The summed E-state index contributed by atoms with van der Waals surface area (Å²) in [6, 6.07) is 3.86. The van der Waals surface area contributed by atoms with Gasteiger partial charge in [-0.1, -0.05) is 6.07 Å². The van der Waals surface area contributed by atoms with Gasteiger partial charge in [-0.25, -0.2) is 9.98 Å². The number of thiophene rings is 1. The molecule has 2 heterocycles. The van der Waals surface area contributed by atoms with Crippen molar-refractivity contribution in [2.24, 2.45) is 12.0 Å². The van der Waals surface area contributed by atoms with Crippen LogP contribution in [-0.2, 0) is 19.2 Å². The van der Waals surface area contributed by atoms with Crippen molar-refractivity contribution in [3.63, 3.8) is 0 Å². The Bertz CT molecular complexity index is 611. The van der Waals surface area contributed by atoms with Gasteiger partial charge in [0.15, 0.2) is 5.96 Å². The van der Waals surface area contributed by atoms with Crippen molar-refractivity contribution < 1.29 is 5.11 Å². The van der Waals surface area contributed by atoms with Gasteiger partial charge < -0.3 is 15.7 Å². The first-order valence-corrected chi connectivity index (χ1v) is 8.02. The minimum Gasteiger partial charge on any atom is -0.383 e. The molecule has 23 heavy (non-hydrogen) atoms. The summed E-state index contributed by atoms with van der Waals surface area (Å²) < 4.78 is 1.69. The lowest BCUT2D eigenvalue weighted by atomic mass is 10.1. The van der Waals surface area contributed by atoms with Crippen molar-refractivity contribution in [2.75, 3.05) is 13.1 Å². The van der Waals surface area contributed by atoms with E-state index in [1.54, 1.807) is 11.6 Å². The third-order valence-electron chi connectivity index (χ3n) is 3.18. The van der Waals surface area contributed by atoms with E-state index in [1.165, 1.54) is 17.7 Å². The molecule has 0 aliphatic rings. The minimum atomic E-state index is -0.935. The molecule has 0 saturated heterocycles. The lowest BCUT2D eigenvalue weighted by Crippen LogP contribution is -2.44. The van der Waals surface area contributed by atoms with Gasteiger partial charge in [-0.2, -0.15) is 5.10 Å². The van der Waals surface area contributed by atoms with E-state index >= 15 is 0 Å². The fraction of sp³-hybridized carbons (Fsp3) is 0.500. The number of aliphatic imine (C=N–C) groups is 1. The monoisotopic (exact) mass is 450 g/mol. The number of guanidine groups is 1. The zero-order chi connectivity index (χ0) is 16.0. The fourth-order valence-electron chi connectivity index (χ4n) is 1.88. The first-order chi connectivity index (χ1) is 10.5. The van der Waals surface area contributed by atoms with Gasteiger partial charge in [0.2, 0.25) is 0 Å². The second-order valence-corrected chi connectivity index (χ2v) is 6.05. The lowest BCUT2D eigenvalue weighted by molar-refractivity contribution is 0.0655. The Kier molecular flexibility index (Phi) is 7.92. The summed E-state index contributed by atoms with van der Waals surface area (Å²) in [6.07, 6.45) is 1.51. The summed E-state index contributed by atoms with van der Waals surface area (Å²) in [4.78, 5) is 9.52. The number of aliphatic hydroxyl groups is 1. The summed E-state index contributed by atoms with van der Waals surface area (Å²) >= 11 is 1.54. The van der Waals surface area contributed by atoms with Gasteiger partial charge in [0, 0.05) is 18.5 Å². The summed E-state index contributed by atoms with van der Waals surface area (Å²) in [5, 5.41) is 22.8. The van der Waals surface area contributed by atoms with E-state index in [0.29, 0.717) is 19.0 Å². The Labute approximate surface area is 157 Å². The maximum absolute atomic E-state index is 10.5. The molecule has 0 radical (unpaired) electrons. The smallest absolute Gasteiger partial charge is 0.191 e. The van der Waals surface area contributed by atoms with E-state index in [-0.39, 0.29) is 24.0 Å². The van der Waals surface area contributed by atoms with E-state index in [2.05, 4.69) is 25.7 Å². The predicted octanol–water partition coefficient (Wildman–Crippen LogP) is 1.46. The second-order valence-electron chi connectivity index (χ2n) is 5.10. The van der Waals surface area contributed by atoms with Crippen molar-refractivity contribution in [2.45, 2.75) is 26.0 Å². The highest BCUT2D eigenvalue weighted by Gasteiger charge is 2.24. The maximum atomic E-state index is 10.5. The molecule has 0 bridgehead atoms. The van der Waals surface area contributed by atoms with Crippen LogP contribution in [0.5, 0.6) is 0 Å². The van der Waals surface area contributed by atoms with Crippen LogP contribution in [0.2, 0.25) is 0 Å². The average Bonchev–Trinajstić information content (AvgIpc) is 3.14. The zero-order valence-corrected chi connectivity index (χ0v) is 16.6. The Morgan fingerprint density at radius 1 is 1.48 bits per heavy atom. The Hall–Kier alpha value is -1.20. The van der Waals surface area contributed by atoms with Gasteiger partial charge in [-0.05, 0) is 25.3 Å². The Balaban J connectivity index is 0.00000264. The van der Waals surface area contributed by atoms with Crippen LogP contribution in [0.4, 0.5) is 0 Å². The summed E-state index contributed by atoms with van der Waals surface area (Å²) in [5.74, 6) is 1.42. The molecule has 0 spiro atoms. The van der Waals surface area contributed by atoms with Crippen molar-refractivity contribution in [1.82, 2.24) is 25.4 Å². The molecule has 2 aromatic heterocycles. The van der Waals surface area contributed by atoms with E-state index in [0.717, 1.165) is 17.2 Å². The minimum absolute atomic E-state index is 0. The number of hydrogen-bond acceptors (Lipinski definition) is 5. The number of hydrogen-bond donors (Lipinski definition) is 3. The van der Waals surface area contributed by atoms with Crippen molar-refractivity contribution in [3.8, 4) is 0 Å². The molecule has 0 aliphatic carbocycles. The van der Waals surface area contributed by atoms with Crippen LogP contribution in [0.25, 0.3) is 0 Å². The number of halogens is 1. The summed E-state index contributed by atoms with van der Waals surface area (Å²) in [7, 11) is 1.83. The van der Waals surface area contributed by atoms with Crippen LogP contribution >= 0.6 is 35.3 Å². The molecule has 7 nitrogen and oxygen atoms in total. The van der Waals surface area contributed by atoms with Crippen LogP contribution in [0.1, 0.15) is 24.5 Å². The third kappa shape index (κ3) is 5.74. The quantitative estimate of drug-likeness (QED) is 0.353. The van der Waals surface area contributed by atoms with E-state index in [9.17, 15) is 5.11 Å². The van der Waals surface area contributed by atoms with Crippen LogP contribution in [0.3, 0.4) is 0 Å². The van der Waals surface area contributed by atoms with Gasteiger partial charge in [-0.15, -0.1) is 35.3 Å². The van der Waals surface area contributed by atoms with Gasteiger partial charge in [-0.3, -0.25) is 4.68 Å². The van der Waals surface area contributed by atoms with Gasteiger partial charge >= 0.3 is 0 Å². The molecule has 2 aromatic rings. The topological polar surface area (TPSA) is 87.4 Å². The van der Waals surface area contributed by atoms with Crippen LogP contribution in [0, 0.1) is 0 Å². The highest BCUT2D eigenvalue weighted by Crippen LogP contribution is 2.24. The summed E-state index contributed by atoms with van der Waals surface area (Å²) in [6.45, 7) is 5.33. The first kappa shape index (κ1) is 19.8. The SMILES string of the molecule is CCNC(=NCc1ncnn1C)NCC(C)(O)c1cccs1.I. The van der Waals surface area contributed by atoms with Gasteiger partial charge in [0.05, 0.1) is 6.54 Å². The number of rotatable bonds is 6. The maximum Gasteiger partial charge on any atom is 0.191 e. The van der Waals surface area contributed by atoms with Crippen LogP contribution < -0.4 is 10.6 Å². The first-order valence-electron chi connectivity index (χ1n) is 7.14. The Morgan fingerprint density at radius 2 is 2.26 bits per heavy atom. The third-order valence-corrected chi connectivity index (χ3v) is 4.30. The standard InChI is InChI=1S/C14H22N6OS.HI/c1-4-15-13(16-8-12-18-10-19-20(12)3)17-9-14(2,21)11-6-5-7-22-11;/h5-7,10,21H,4,8-9H2,1-3H3,(H2,15,16,17);1H. The molecular weight excluding hydrogens is 427 g/mol. The molecule has 0 aliphatic heterocycles. The van der Waals surface area contributed by atoms with E-state index in [1.807, 2.05) is 31.5 Å². The number of nitrogens with zero attached hydrogens (tertiary/aromatic N) is 4. The molecule has 0 amide bonds. The molecule has 9 heteroatoms. The van der Waals surface area contributed by atoms with Crippen LogP contribution in [-0.4, -0.2) is 38.9 Å². The molecule has 0 aromatic carbocycles. The molecule has 128 valence electrons. The largest absolute Gasteiger partial charge is 0.383 e. The van der Waals surface area contributed by atoms with Crippen LogP contribution in [0.15, 0.2) is 28.8 Å². The van der Waals surface area contributed by atoms with E-state index < -0.39 is 5.60 Å². The van der Waals surface area contributed by atoms with Crippen molar-refractivity contribution in [3.05, 3.63) is 34.5 Å². The molecule has 1 unspecified atom stereocenters. The highest BCUT2D eigenvalue weighted by molar-refractivity contribution is 14.0. The zero-order valence-electron chi connectivity index (χ0n) is 13.5. The van der Waals surface area contributed by atoms with Crippen molar-refractivity contribution in [1.29, 1.82) is 0 Å². The second kappa shape index (κ2) is 9.18. The number of aryl methyl sites for hydroxylation is 1.